The molecule has 0 N–H and O–H groups in total. The van der Waals surface area contributed by atoms with Crippen LogP contribution in [0.15, 0.2) is 12.2 Å². The number of esters is 1. The first-order chi connectivity index (χ1) is 10.0. The first-order valence-corrected chi connectivity index (χ1v) is 7.26. The van der Waals surface area contributed by atoms with E-state index in [1.165, 1.54) is 6.08 Å². The van der Waals surface area contributed by atoms with Crippen molar-refractivity contribution in [2.75, 3.05) is 13.2 Å². The molecule has 1 aliphatic heterocycles. The molecule has 0 aliphatic carbocycles. The summed E-state index contributed by atoms with van der Waals surface area (Å²) in [4.78, 5) is 24.4. The summed E-state index contributed by atoms with van der Waals surface area (Å²) in [5.74, 6) is -3.52. The van der Waals surface area contributed by atoms with Crippen LogP contribution in [0.25, 0.3) is 0 Å². The summed E-state index contributed by atoms with van der Waals surface area (Å²) >= 11 is 0. The highest BCUT2D eigenvalue weighted by atomic mass is 19.3. The molecule has 0 aromatic heterocycles. The molecule has 1 atom stereocenters. The Labute approximate surface area is 129 Å². The van der Waals surface area contributed by atoms with Crippen LogP contribution in [0.5, 0.6) is 0 Å². The molecule has 1 rings (SSSR count). The summed E-state index contributed by atoms with van der Waals surface area (Å²) in [6, 6.07) is -0.612. The van der Waals surface area contributed by atoms with Crippen LogP contribution in [0.2, 0.25) is 0 Å². The monoisotopic (exact) mass is 319 g/mol. The minimum atomic E-state index is -2.95. The van der Waals surface area contributed by atoms with E-state index in [2.05, 4.69) is 0 Å². The Kier molecular flexibility index (Phi) is 5.91. The minimum absolute atomic E-state index is 0.0577. The lowest BCUT2D eigenvalue weighted by atomic mass is 9.99. The van der Waals surface area contributed by atoms with Gasteiger partial charge >= 0.3 is 12.1 Å². The fourth-order valence-electron chi connectivity index (χ4n) is 2.06. The lowest BCUT2D eigenvalue weighted by Crippen LogP contribution is -2.52. The number of carbonyl (C=O) groups excluding carboxylic acids is 2. The Morgan fingerprint density at radius 1 is 1.36 bits per heavy atom. The van der Waals surface area contributed by atoms with Gasteiger partial charge in [-0.05, 0) is 34.1 Å². The topological polar surface area (TPSA) is 55.8 Å². The number of likely N-dealkylation sites (tertiary alicyclic amines) is 1. The fraction of sp³-hybridized carbons (Fsp3) is 0.733. The lowest BCUT2D eigenvalue weighted by molar-refractivity contribution is -0.137. The van der Waals surface area contributed by atoms with Crippen molar-refractivity contribution in [3.05, 3.63) is 12.2 Å². The second-order valence-electron chi connectivity index (χ2n) is 6.18. The van der Waals surface area contributed by atoms with Gasteiger partial charge in [0.2, 0.25) is 0 Å². The maximum Gasteiger partial charge on any atom is 0.410 e. The average Bonchev–Trinajstić information content (AvgIpc) is 2.34. The molecule has 1 unspecified atom stereocenters. The SMILES string of the molecule is CCOC(=O)C=CC1CCC(F)(F)CN1C(=O)OC(C)(C)C. The van der Waals surface area contributed by atoms with Gasteiger partial charge in [-0.1, -0.05) is 6.08 Å². The zero-order valence-electron chi connectivity index (χ0n) is 13.4. The molecule has 1 amide bonds. The molecule has 7 heteroatoms. The molecule has 0 saturated carbocycles. The first-order valence-electron chi connectivity index (χ1n) is 7.26. The van der Waals surface area contributed by atoms with Gasteiger partial charge in [-0.15, -0.1) is 0 Å². The van der Waals surface area contributed by atoms with E-state index in [4.69, 9.17) is 9.47 Å². The van der Waals surface area contributed by atoms with E-state index in [0.717, 1.165) is 11.0 Å². The first kappa shape index (κ1) is 18.4. The number of nitrogens with zero attached hydrogens (tertiary/aromatic N) is 1. The standard InChI is InChI=1S/C15H23F2NO4/c1-5-21-12(19)7-6-11-8-9-15(16,17)10-18(11)13(20)22-14(2,3)4/h6-7,11H,5,8-10H2,1-4H3. The maximum absolute atomic E-state index is 13.6. The summed E-state index contributed by atoms with van der Waals surface area (Å²) in [5, 5.41) is 0. The third-order valence-electron chi connectivity index (χ3n) is 2.98. The van der Waals surface area contributed by atoms with Crippen LogP contribution >= 0.6 is 0 Å². The van der Waals surface area contributed by atoms with Crippen LogP contribution < -0.4 is 0 Å². The van der Waals surface area contributed by atoms with Gasteiger partial charge in [0.15, 0.2) is 0 Å². The number of halogens is 2. The van der Waals surface area contributed by atoms with Crippen molar-refractivity contribution in [1.29, 1.82) is 0 Å². The third kappa shape index (κ3) is 5.99. The molecule has 0 aromatic carbocycles. The van der Waals surface area contributed by atoms with Crippen molar-refractivity contribution in [3.8, 4) is 0 Å². The summed E-state index contributed by atoms with van der Waals surface area (Å²) in [5.41, 5.74) is -0.779. The normalized spacial score (nSPS) is 21.7. The number of ether oxygens (including phenoxy) is 2. The highest BCUT2D eigenvalue weighted by Crippen LogP contribution is 2.31. The number of amides is 1. The van der Waals surface area contributed by atoms with E-state index < -0.39 is 36.2 Å². The Morgan fingerprint density at radius 2 is 2.00 bits per heavy atom. The molecule has 1 saturated heterocycles. The zero-order valence-corrected chi connectivity index (χ0v) is 13.4. The number of carbonyl (C=O) groups is 2. The second kappa shape index (κ2) is 7.07. The van der Waals surface area contributed by atoms with Crippen LogP contribution in [-0.4, -0.2) is 47.7 Å². The van der Waals surface area contributed by atoms with Gasteiger partial charge in [-0.3, -0.25) is 4.90 Å². The average molecular weight is 319 g/mol. The smallest absolute Gasteiger partial charge is 0.410 e. The molecule has 0 radical (unpaired) electrons. The molecule has 1 aliphatic rings. The van der Waals surface area contributed by atoms with E-state index in [1.807, 2.05) is 0 Å². The quantitative estimate of drug-likeness (QED) is 0.592. The summed E-state index contributed by atoms with van der Waals surface area (Å²) < 4.78 is 37.1. The molecular formula is C15H23F2NO4. The van der Waals surface area contributed by atoms with Crippen LogP contribution in [0.1, 0.15) is 40.5 Å². The molecule has 5 nitrogen and oxygen atoms in total. The molecule has 126 valence electrons. The molecule has 22 heavy (non-hydrogen) atoms. The zero-order chi connectivity index (χ0) is 17.0. The largest absolute Gasteiger partial charge is 0.463 e. The number of alkyl halides is 2. The van der Waals surface area contributed by atoms with Crippen molar-refractivity contribution in [3.63, 3.8) is 0 Å². The molecule has 0 spiro atoms. The fourth-order valence-corrected chi connectivity index (χ4v) is 2.06. The Bertz CT molecular complexity index is 443. The van der Waals surface area contributed by atoms with Crippen LogP contribution in [0, 0.1) is 0 Å². The Balaban J connectivity index is 2.84. The molecule has 1 heterocycles. The van der Waals surface area contributed by atoms with Crippen molar-refractivity contribution < 1.29 is 27.8 Å². The van der Waals surface area contributed by atoms with E-state index in [-0.39, 0.29) is 19.4 Å². The van der Waals surface area contributed by atoms with E-state index >= 15 is 0 Å². The molecule has 0 bridgehead atoms. The van der Waals surface area contributed by atoms with Crippen molar-refractivity contribution >= 4 is 12.1 Å². The van der Waals surface area contributed by atoms with E-state index in [9.17, 15) is 18.4 Å². The van der Waals surface area contributed by atoms with Gasteiger partial charge in [-0.25, -0.2) is 18.4 Å². The van der Waals surface area contributed by atoms with Gasteiger partial charge in [0.05, 0.1) is 19.2 Å². The number of hydrogen-bond donors (Lipinski definition) is 0. The highest BCUT2D eigenvalue weighted by Gasteiger charge is 2.42. The highest BCUT2D eigenvalue weighted by molar-refractivity contribution is 5.82. The van der Waals surface area contributed by atoms with Crippen molar-refractivity contribution in [2.45, 2.75) is 58.1 Å². The number of piperidine rings is 1. The molecule has 1 fully saturated rings. The predicted octanol–water partition coefficient (Wildman–Crippen LogP) is 3.14. The van der Waals surface area contributed by atoms with Gasteiger partial charge in [-0.2, -0.15) is 0 Å². The summed E-state index contributed by atoms with van der Waals surface area (Å²) in [6.07, 6.45) is 1.48. The van der Waals surface area contributed by atoms with Crippen LogP contribution in [0.4, 0.5) is 13.6 Å². The second-order valence-corrected chi connectivity index (χ2v) is 6.18. The van der Waals surface area contributed by atoms with Crippen molar-refractivity contribution in [1.82, 2.24) is 4.90 Å². The number of hydrogen-bond acceptors (Lipinski definition) is 4. The minimum Gasteiger partial charge on any atom is -0.463 e. The van der Waals surface area contributed by atoms with Gasteiger partial charge in [0.1, 0.15) is 5.60 Å². The Hall–Kier alpha value is -1.66. The molecule has 0 aromatic rings. The molecular weight excluding hydrogens is 296 g/mol. The third-order valence-corrected chi connectivity index (χ3v) is 2.98. The van der Waals surface area contributed by atoms with Crippen LogP contribution in [-0.2, 0) is 14.3 Å². The van der Waals surface area contributed by atoms with E-state index in [1.54, 1.807) is 27.7 Å². The van der Waals surface area contributed by atoms with E-state index in [0.29, 0.717) is 0 Å². The van der Waals surface area contributed by atoms with Crippen molar-refractivity contribution in [2.24, 2.45) is 0 Å². The Morgan fingerprint density at radius 3 is 2.55 bits per heavy atom. The van der Waals surface area contributed by atoms with Gasteiger partial charge in [0, 0.05) is 12.5 Å². The van der Waals surface area contributed by atoms with Crippen LogP contribution in [0.3, 0.4) is 0 Å². The predicted molar refractivity (Wildman–Crippen MR) is 76.7 cm³/mol. The number of rotatable bonds is 3. The lowest BCUT2D eigenvalue weighted by Gasteiger charge is -2.38. The summed E-state index contributed by atoms with van der Waals surface area (Å²) in [6.45, 7) is 6.16. The van der Waals surface area contributed by atoms with Gasteiger partial charge in [0.25, 0.3) is 5.92 Å². The summed E-state index contributed by atoms with van der Waals surface area (Å²) in [7, 11) is 0. The maximum atomic E-state index is 13.6. The van der Waals surface area contributed by atoms with Gasteiger partial charge < -0.3 is 9.47 Å².